The predicted molar refractivity (Wildman–Crippen MR) is 79.3 cm³/mol. The largest absolute Gasteiger partial charge is 0.332 e. The highest BCUT2D eigenvalue weighted by Crippen LogP contribution is 2.13. The number of hydrogen-bond donors (Lipinski definition) is 1. The number of aryl methyl sites for hydroxylation is 1. The lowest BCUT2D eigenvalue weighted by atomic mass is 10.2. The van der Waals surface area contributed by atoms with Crippen LogP contribution in [-0.4, -0.2) is 14.5 Å². The molecule has 0 saturated heterocycles. The van der Waals surface area contributed by atoms with Crippen LogP contribution in [0.2, 0.25) is 0 Å². The van der Waals surface area contributed by atoms with Crippen LogP contribution >= 0.6 is 23.6 Å². The van der Waals surface area contributed by atoms with E-state index >= 15 is 0 Å². The summed E-state index contributed by atoms with van der Waals surface area (Å²) in [6, 6.07) is 7.39. The number of nitrogens with one attached hydrogen (secondary N) is 1. The third-order valence-electron chi connectivity index (χ3n) is 2.87. The van der Waals surface area contributed by atoms with Gasteiger partial charge in [0.15, 0.2) is 4.77 Å². The van der Waals surface area contributed by atoms with Crippen LogP contribution in [0.4, 0.5) is 0 Å². The van der Waals surface area contributed by atoms with Gasteiger partial charge in [0.25, 0.3) is 5.56 Å². The maximum atomic E-state index is 12.4. The second kappa shape index (κ2) is 4.71. The van der Waals surface area contributed by atoms with Crippen molar-refractivity contribution >= 4 is 34.5 Å². The molecule has 1 N–H and O–H groups in total. The van der Waals surface area contributed by atoms with E-state index in [2.05, 4.69) is 9.97 Å². The number of aromatic nitrogens is 3. The average Bonchev–Trinajstić information content (AvgIpc) is 2.80. The lowest BCUT2D eigenvalue weighted by molar-refractivity contribution is 0.742. The van der Waals surface area contributed by atoms with Crippen molar-refractivity contribution < 1.29 is 0 Å². The maximum Gasteiger partial charge on any atom is 0.262 e. The summed E-state index contributed by atoms with van der Waals surface area (Å²) in [5.74, 6) is 0. The molecule has 0 unspecified atom stereocenters. The van der Waals surface area contributed by atoms with Crippen LogP contribution in [0.3, 0.4) is 0 Å². The highest BCUT2D eigenvalue weighted by molar-refractivity contribution is 7.71. The summed E-state index contributed by atoms with van der Waals surface area (Å²) < 4.78 is 2.01. The van der Waals surface area contributed by atoms with Gasteiger partial charge in [-0.15, -0.1) is 11.3 Å². The number of H-pyrrole nitrogens is 1. The summed E-state index contributed by atoms with van der Waals surface area (Å²) in [5, 5.41) is 1.64. The molecule has 3 aromatic rings. The molecule has 0 fully saturated rings. The topological polar surface area (TPSA) is 50.7 Å². The summed E-state index contributed by atoms with van der Waals surface area (Å²) in [4.78, 5) is 20.7. The van der Waals surface area contributed by atoms with E-state index in [0.717, 1.165) is 15.4 Å². The second-order valence-corrected chi connectivity index (χ2v) is 5.92. The number of benzene rings is 1. The van der Waals surface area contributed by atoms with Gasteiger partial charge < -0.3 is 4.98 Å². The number of aromatic amines is 1. The maximum absolute atomic E-state index is 12.4. The van der Waals surface area contributed by atoms with Gasteiger partial charge >= 0.3 is 0 Å². The molecule has 3 rings (SSSR count). The monoisotopic (exact) mass is 289 g/mol. The first-order valence-corrected chi connectivity index (χ1v) is 7.01. The van der Waals surface area contributed by atoms with Crippen LogP contribution in [0.15, 0.2) is 35.3 Å². The van der Waals surface area contributed by atoms with E-state index in [9.17, 15) is 4.79 Å². The molecule has 6 heteroatoms. The Kier molecular flexibility index (Phi) is 3.04. The van der Waals surface area contributed by atoms with Gasteiger partial charge in [0.1, 0.15) is 0 Å². The fourth-order valence-corrected chi connectivity index (χ4v) is 3.02. The van der Waals surface area contributed by atoms with Gasteiger partial charge in [0.05, 0.1) is 22.5 Å². The molecule has 2 aromatic heterocycles. The molecule has 0 saturated carbocycles. The number of para-hydroxylation sites is 1. The molecule has 0 aliphatic rings. The Balaban J connectivity index is 2.18. The number of thiazole rings is 1. The van der Waals surface area contributed by atoms with E-state index in [-0.39, 0.29) is 5.56 Å². The molecule has 0 aliphatic heterocycles. The van der Waals surface area contributed by atoms with Crippen LogP contribution in [0.25, 0.3) is 10.9 Å². The van der Waals surface area contributed by atoms with Crippen LogP contribution < -0.4 is 5.56 Å². The molecule has 4 nitrogen and oxygen atoms in total. The molecule has 1 aromatic carbocycles. The van der Waals surface area contributed by atoms with Crippen molar-refractivity contribution in [3.63, 3.8) is 0 Å². The van der Waals surface area contributed by atoms with E-state index in [0.29, 0.717) is 16.7 Å². The molecule has 0 bridgehead atoms. The first-order chi connectivity index (χ1) is 9.15. The Morgan fingerprint density at radius 3 is 2.95 bits per heavy atom. The van der Waals surface area contributed by atoms with Gasteiger partial charge in [-0.3, -0.25) is 9.36 Å². The number of nitrogens with zero attached hydrogens (tertiary/aromatic N) is 2. The van der Waals surface area contributed by atoms with E-state index < -0.39 is 0 Å². The highest BCUT2D eigenvalue weighted by atomic mass is 32.1. The minimum absolute atomic E-state index is 0.0644. The Hall–Kier alpha value is -1.79. The number of rotatable bonds is 2. The van der Waals surface area contributed by atoms with Crippen molar-refractivity contribution in [1.82, 2.24) is 14.5 Å². The van der Waals surface area contributed by atoms with Gasteiger partial charge in [0, 0.05) is 11.1 Å². The minimum atomic E-state index is -0.0644. The van der Waals surface area contributed by atoms with Crippen LogP contribution in [-0.2, 0) is 6.54 Å². The van der Waals surface area contributed by atoms with Gasteiger partial charge in [-0.05, 0) is 31.3 Å². The zero-order valence-corrected chi connectivity index (χ0v) is 11.8. The average molecular weight is 289 g/mol. The van der Waals surface area contributed by atoms with E-state index in [4.69, 9.17) is 12.2 Å². The first kappa shape index (κ1) is 12.3. The molecule has 96 valence electrons. The number of fused-ring (bicyclic) bond motifs is 1. The Labute approximate surface area is 118 Å². The van der Waals surface area contributed by atoms with E-state index in [1.54, 1.807) is 28.2 Å². The van der Waals surface area contributed by atoms with E-state index in [1.807, 2.05) is 25.1 Å². The Morgan fingerprint density at radius 2 is 2.21 bits per heavy atom. The van der Waals surface area contributed by atoms with Gasteiger partial charge in [-0.2, -0.15) is 0 Å². The van der Waals surface area contributed by atoms with Crippen molar-refractivity contribution in [2.24, 2.45) is 0 Å². The summed E-state index contributed by atoms with van der Waals surface area (Å²) >= 11 is 6.84. The molecule has 0 aliphatic carbocycles. The molecule has 0 radical (unpaired) electrons. The van der Waals surface area contributed by atoms with Gasteiger partial charge in [-0.25, -0.2) is 4.98 Å². The summed E-state index contributed by atoms with van der Waals surface area (Å²) in [7, 11) is 0. The van der Waals surface area contributed by atoms with Gasteiger partial charge in [-0.1, -0.05) is 12.1 Å². The molecule has 0 atom stereocenters. The molecule has 2 heterocycles. The smallest absolute Gasteiger partial charge is 0.262 e. The van der Waals surface area contributed by atoms with Gasteiger partial charge in [0.2, 0.25) is 0 Å². The SMILES string of the molecule is Cc1ncc(Cn2c(=S)[nH]c3ccccc3c2=O)s1. The quantitative estimate of drug-likeness (QED) is 0.738. The standard InChI is InChI=1S/C13H11N3OS2/c1-8-14-6-9(19-8)7-16-12(17)10-4-2-3-5-11(10)15-13(16)18/h2-6H,7H2,1H3,(H,15,18). The van der Waals surface area contributed by atoms with Crippen molar-refractivity contribution in [2.45, 2.75) is 13.5 Å². The third kappa shape index (κ3) is 2.24. The highest BCUT2D eigenvalue weighted by Gasteiger charge is 2.07. The second-order valence-electron chi connectivity index (χ2n) is 4.21. The zero-order valence-electron chi connectivity index (χ0n) is 10.2. The zero-order chi connectivity index (χ0) is 13.4. The fraction of sp³-hybridized carbons (Fsp3) is 0.154. The molecule has 0 spiro atoms. The third-order valence-corrected chi connectivity index (χ3v) is 4.09. The minimum Gasteiger partial charge on any atom is -0.332 e. The number of hydrogen-bond acceptors (Lipinski definition) is 4. The van der Waals surface area contributed by atoms with Crippen molar-refractivity contribution in [3.8, 4) is 0 Å². The summed E-state index contributed by atoms with van der Waals surface area (Å²) in [6.07, 6.45) is 1.79. The molecule has 19 heavy (non-hydrogen) atoms. The molecular weight excluding hydrogens is 278 g/mol. The molecule has 0 amide bonds. The molecular formula is C13H11N3OS2. The van der Waals surface area contributed by atoms with Crippen LogP contribution in [0.5, 0.6) is 0 Å². The summed E-state index contributed by atoms with van der Waals surface area (Å²) in [5.41, 5.74) is 0.708. The van der Waals surface area contributed by atoms with Crippen LogP contribution in [0, 0.1) is 11.7 Å². The fourth-order valence-electron chi connectivity index (χ4n) is 1.98. The lowest BCUT2D eigenvalue weighted by Crippen LogP contribution is -2.22. The van der Waals surface area contributed by atoms with Crippen LogP contribution in [0.1, 0.15) is 9.88 Å². The van der Waals surface area contributed by atoms with Crippen molar-refractivity contribution in [2.75, 3.05) is 0 Å². The summed E-state index contributed by atoms with van der Waals surface area (Å²) in [6.45, 7) is 2.41. The predicted octanol–water partition coefficient (Wildman–Crippen LogP) is 2.87. The van der Waals surface area contributed by atoms with Crippen molar-refractivity contribution in [1.29, 1.82) is 0 Å². The first-order valence-electron chi connectivity index (χ1n) is 5.78. The lowest BCUT2D eigenvalue weighted by Gasteiger charge is -2.06. The Morgan fingerprint density at radius 1 is 1.42 bits per heavy atom. The Bertz CT molecular complexity index is 860. The van der Waals surface area contributed by atoms with Crippen molar-refractivity contribution in [3.05, 3.63) is 55.5 Å². The van der Waals surface area contributed by atoms with E-state index in [1.165, 1.54) is 0 Å². The normalized spacial score (nSPS) is 11.0.